The van der Waals surface area contributed by atoms with E-state index in [1.165, 1.54) is 17.8 Å². The van der Waals surface area contributed by atoms with Crippen molar-refractivity contribution in [2.75, 3.05) is 0 Å². The monoisotopic (exact) mass is 276 g/mol. The first kappa shape index (κ1) is 17.4. The van der Waals surface area contributed by atoms with E-state index in [0.29, 0.717) is 12.2 Å². The second-order valence-corrected chi connectivity index (χ2v) is 15.3. The van der Waals surface area contributed by atoms with Crippen LogP contribution in [0.2, 0.25) is 30.8 Å². The van der Waals surface area contributed by atoms with Gasteiger partial charge >= 0.3 is 0 Å². The van der Waals surface area contributed by atoms with E-state index in [4.69, 9.17) is 8.85 Å². The summed E-state index contributed by atoms with van der Waals surface area (Å²) < 4.78 is 12.5. The fourth-order valence-electron chi connectivity index (χ4n) is 2.66. The quantitative estimate of drug-likeness (QED) is 0.605. The van der Waals surface area contributed by atoms with Crippen molar-refractivity contribution in [3.63, 3.8) is 0 Å². The van der Waals surface area contributed by atoms with Crippen molar-refractivity contribution in [2.45, 2.75) is 84.6 Å². The maximum atomic E-state index is 6.35. The van der Waals surface area contributed by atoms with Crippen LogP contribution >= 0.6 is 0 Å². The van der Waals surface area contributed by atoms with E-state index in [2.05, 4.69) is 54.6 Å². The number of rotatable bonds is 8. The summed E-state index contributed by atoms with van der Waals surface area (Å²) in [5, 5.41) is 0. The molecule has 4 heteroatoms. The first-order valence-electron chi connectivity index (χ1n) is 7.02. The summed E-state index contributed by atoms with van der Waals surface area (Å²) in [6.45, 7) is 17.8. The summed E-state index contributed by atoms with van der Waals surface area (Å²) in [5.74, 6) is 0. The van der Waals surface area contributed by atoms with Gasteiger partial charge in [0.05, 0.1) is 0 Å². The highest BCUT2D eigenvalue weighted by Crippen LogP contribution is 2.30. The molecule has 0 aliphatic carbocycles. The molecule has 0 saturated heterocycles. The Morgan fingerprint density at radius 3 is 1.53 bits per heavy atom. The minimum Gasteiger partial charge on any atom is -0.415 e. The molecule has 104 valence electrons. The Hall–Kier alpha value is 0.354. The van der Waals surface area contributed by atoms with E-state index < -0.39 is 16.6 Å². The molecule has 2 nitrogen and oxygen atoms in total. The van der Waals surface area contributed by atoms with Crippen molar-refractivity contribution in [3.8, 4) is 0 Å². The topological polar surface area (TPSA) is 18.5 Å². The lowest BCUT2D eigenvalue weighted by molar-refractivity contribution is 0.217. The van der Waals surface area contributed by atoms with Crippen LogP contribution in [-0.4, -0.2) is 28.8 Å². The van der Waals surface area contributed by atoms with Crippen LogP contribution < -0.4 is 0 Å². The molecule has 0 rings (SSSR count). The van der Waals surface area contributed by atoms with Crippen LogP contribution in [0.4, 0.5) is 0 Å². The lowest BCUT2D eigenvalue weighted by Crippen LogP contribution is -2.49. The third kappa shape index (κ3) is 6.74. The summed E-state index contributed by atoms with van der Waals surface area (Å²) in [4.78, 5) is 0. The van der Waals surface area contributed by atoms with Crippen molar-refractivity contribution >= 4 is 16.6 Å². The Kier molecular flexibility index (Phi) is 7.22. The average molecular weight is 277 g/mol. The highest BCUT2D eigenvalue weighted by Gasteiger charge is 2.40. The molecule has 0 amide bonds. The summed E-state index contributed by atoms with van der Waals surface area (Å²) >= 11 is 0. The predicted molar refractivity (Wildman–Crippen MR) is 81.4 cm³/mol. The van der Waals surface area contributed by atoms with E-state index in [1.807, 2.05) is 0 Å². The van der Waals surface area contributed by atoms with Crippen LogP contribution in [0, 0.1) is 0 Å². The van der Waals surface area contributed by atoms with Crippen molar-refractivity contribution in [1.82, 2.24) is 0 Å². The Morgan fingerprint density at radius 1 is 0.824 bits per heavy atom. The van der Waals surface area contributed by atoms with Crippen LogP contribution in [0.3, 0.4) is 0 Å². The van der Waals surface area contributed by atoms with Gasteiger partial charge in [-0.25, -0.2) is 0 Å². The van der Waals surface area contributed by atoms with Crippen molar-refractivity contribution in [1.29, 1.82) is 0 Å². The molecule has 0 aliphatic rings. The zero-order valence-corrected chi connectivity index (χ0v) is 15.1. The normalized spacial score (nSPS) is 13.8. The Bertz CT molecular complexity index is 211. The van der Waals surface area contributed by atoms with Crippen LogP contribution in [0.15, 0.2) is 0 Å². The Balaban J connectivity index is 4.73. The van der Waals surface area contributed by atoms with Gasteiger partial charge in [0.1, 0.15) is 0 Å². The minimum absolute atomic E-state index is 0.344. The summed E-state index contributed by atoms with van der Waals surface area (Å²) in [6, 6.07) is 2.42. The second kappa shape index (κ2) is 7.07. The van der Waals surface area contributed by atoms with Gasteiger partial charge in [-0.1, -0.05) is 13.8 Å². The lowest BCUT2D eigenvalue weighted by Gasteiger charge is -2.38. The SMILES string of the molecule is CC[Si](CC)(C[Si](C)(C)OC(C)C)OC(C)C. The molecular formula is C13H32O2Si2. The number of hydrogen-bond donors (Lipinski definition) is 0. The molecule has 0 aromatic heterocycles. The van der Waals surface area contributed by atoms with E-state index in [1.54, 1.807) is 0 Å². The number of hydrogen-bond acceptors (Lipinski definition) is 2. The van der Waals surface area contributed by atoms with Crippen LogP contribution in [-0.2, 0) is 8.85 Å². The van der Waals surface area contributed by atoms with E-state index >= 15 is 0 Å². The van der Waals surface area contributed by atoms with Gasteiger partial charge in [-0.15, -0.1) is 0 Å². The van der Waals surface area contributed by atoms with E-state index in [0.717, 1.165) is 0 Å². The largest absolute Gasteiger partial charge is 0.415 e. The fourth-order valence-corrected chi connectivity index (χ4v) is 14.6. The maximum Gasteiger partial charge on any atom is 0.192 e. The molecule has 0 bridgehead atoms. The highest BCUT2D eigenvalue weighted by atomic mass is 28.4. The van der Waals surface area contributed by atoms with Gasteiger partial charge in [0, 0.05) is 12.2 Å². The molecule has 0 fully saturated rings. The smallest absolute Gasteiger partial charge is 0.192 e. The molecular weight excluding hydrogens is 244 g/mol. The molecule has 0 saturated carbocycles. The molecule has 0 aliphatic heterocycles. The maximum absolute atomic E-state index is 6.35. The summed E-state index contributed by atoms with van der Waals surface area (Å²) in [5.41, 5.74) is 1.23. The molecule has 0 aromatic rings. The van der Waals surface area contributed by atoms with Gasteiger partial charge in [0.25, 0.3) is 0 Å². The lowest BCUT2D eigenvalue weighted by atomic mass is 10.5. The van der Waals surface area contributed by atoms with Gasteiger partial charge in [-0.3, -0.25) is 0 Å². The predicted octanol–water partition coefficient (Wildman–Crippen LogP) is 4.57. The highest BCUT2D eigenvalue weighted by molar-refractivity contribution is 6.90. The molecule has 0 aromatic carbocycles. The molecule has 0 spiro atoms. The molecule has 0 atom stereocenters. The van der Waals surface area contributed by atoms with Crippen molar-refractivity contribution < 1.29 is 8.85 Å². The molecule has 17 heavy (non-hydrogen) atoms. The standard InChI is InChI=1S/C13H32O2Si2/c1-9-17(10-2,15-13(5)6)11-16(7,8)14-12(3)4/h12-13H,9-11H2,1-8H3. The molecule has 0 heterocycles. The summed E-state index contributed by atoms with van der Waals surface area (Å²) in [7, 11) is -3.15. The molecule has 0 unspecified atom stereocenters. The zero-order chi connectivity index (χ0) is 13.7. The summed E-state index contributed by atoms with van der Waals surface area (Å²) in [6.07, 6.45) is 0.696. The third-order valence-electron chi connectivity index (χ3n) is 3.08. The fraction of sp³-hybridized carbons (Fsp3) is 1.00. The van der Waals surface area contributed by atoms with E-state index in [9.17, 15) is 0 Å². The third-order valence-corrected chi connectivity index (χ3v) is 13.7. The zero-order valence-electron chi connectivity index (χ0n) is 13.1. The van der Waals surface area contributed by atoms with E-state index in [-0.39, 0.29) is 0 Å². The first-order chi connectivity index (χ1) is 7.66. The molecule has 0 N–H and O–H groups in total. The van der Waals surface area contributed by atoms with Gasteiger partial charge in [-0.05, 0) is 58.5 Å². The van der Waals surface area contributed by atoms with Gasteiger partial charge in [-0.2, -0.15) is 0 Å². The van der Waals surface area contributed by atoms with Crippen LogP contribution in [0.5, 0.6) is 0 Å². The van der Waals surface area contributed by atoms with Crippen LogP contribution in [0.1, 0.15) is 41.5 Å². The Labute approximate surface area is 110 Å². The van der Waals surface area contributed by atoms with Gasteiger partial charge in [0.15, 0.2) is 16.6 Å². The first-order valence-corrected chi connectivity index (χ1v) is 12.7. The van der Waals surface area contributed by atoms with Gasteiger partial charge < -0.3 is 8.85 Å². The second-order valence-electron chi connectivity index (χ2n) is 6.16. The van der Waals surface area contributed by atoms with Crippen molar-refractivity contribution in [2.24, 2.45) is 0 Å². The minimum atomic E-state index is -1.57. The molecule has 0 radical (unpaired) electrons. The Morgan fingerprint density at radius 2 is 1.24 bits per heavy atom. The average Bonchev–Trinajstić information content (AvgIpc) is 2.13. The van der Waals surface area contributed by atoms with Crippen molar-refractivity contribution in [3.05, 3.63) is 0 Å². The van der Waals surface area contributed by atoms with Crippen LogP contribution in [0.25, 0.3) is 0 Å². The van der Waals surface area contributed by atoms with Gasteiger partial charge in [0.2, 0.25) is 0 Å².